The lowest BCUT2D eigenvalue weighted by atomic mass is 10.0. The Kier molecular flexibility index (Phi) is 5.00. The van der Waals surface area contributed by atoms with E-state index < -0.39 is 0 Å². The van der Waals surface area contributed by atoms with Crippen LogP contribution in [0.15, 0.2) is 0 Å². The second kappa shape index (κ2) is 6.76. The molecule has 1 N–H and O–H groups in total. The fourth-order valence-corrected chi connectivity index (χ4v) is 3.97. The van der Waals surface area contributed by atoms with Gasteiger partial charge in [0.2, 0.25) is 0 Å². The van der Waals surface area contributed by atoms with Crippen LogP contribution in [0.2, 0.25) is 0 Å². The van der Waals surface area contributed by atoms with Crippen LogP contribution in [-0.4, -0.2) is 61.2 Å². The monoisotopic (exact) mass is 279 g/mol. The Bertz CT molecular complexity index is 293. The first-order valence-corrected chi connectivity index (χ1v) is 8.90. The smallest absolute Gasteiger partial charge is 0.00965 e. The number of nitrogens with zero attached hydrogens (tertiary/aromatic N) is 2. The third-order valence-corrected chi connectivity index (χ3v) is 5.29. The number of rotatable bonds is 6. The van der Waals surface area contributed by atoms with Crippen molar-refractivity contribution in [2.75, 3.05) is 39.3 Å². The van der Waals surface area contributed by atoms with Gasteiger partial charge in [0.1, 0.15) is 0 Å². The highest BCUT2D eigenvalue weighted by atomic mass is 15.2. The molecule has 0 radical (unpaired) electrons. The van der Waals surface area contributed by atoms with Crippen molar-refractivity contribution in [3.63, 3.8) is 0 Å². The lowest BCUT2D eigenvalue weighted by Crippen LogP contribution is -2.45. The van der Waals surface area contributed by atoms with Gasteiger partial charge in [-0.05, 0) is 70.1 Å². The lowest BCUT2D eigenvalue weighted by Gasteiger charge is -2.33. The molecule has 1 atom stereocenters. The molecule has 3 heteroatoms. The molecule has 1 saturated carbocycles. The highest BCUT2D eigenvalue weighted by Crippen LogP contribution is 2.31. The molecule has 0 bridgehead atoms. The van der Waals surface area contributed by atoms with E-state index in [-0.39, 0.29) is 0 Å². The molecule has 3 fully saturated rings. The van der Waals surface area contributed by atoms with Crippen molar-refractivity contribution in [2.24, 2.45) is 11.8 Å². The predicted octanol–water partition coefficient (Wildman–Crippen LogP) is 2.18. The zero-order valence-electron chi connectivity index (χ0n) is 13.5. The summed E-state index contributed by atoms with van der Waals surface area (Å²) in [7, 11) is 0. The molecule has 2 aliphatic heterocycles. The number of nitrogens with one attached hydrogen (secondary N) is 1. The van der Waals surface area contributed by atoms with Gasteiger partial charge in [-0.25, -0.2) is 0 Å². The van der Waals surface area contributed by atoms with E-state index in [0.29, 0.717) is 0 Å². The van der Waals surface area contributed by atoms with Crippen LogP contribution in [0, 0.1) is 11.8 Å². The summed E-state index contributed by atoms with van der Waals surface area (Å²) < 4.78 is 0. The van der Waals surface area contributed by atoms with Crippen LogP contribution in [0.5, 0.6) is 0 Å². The van der Waals surface area contributed by atoms with Crippen molar-refractivity contribution in [3.05, 3.63) is 0 Å². The van der Waals surface area contributed by atoms with E-state index in [9.17, 15) is 0 Å². The molecule has 0 aromatic rings. The number of hydrogen-bond donors (Lipinski definition) is 1. The van der Waals surface area contributed by atoms with Gasteiger partial charge < -0.3 is 15.1 Å². The SMILES string of the molecule is CC(C)CN1CCC(NCC2CCN(C3CC3)C2)CC1. The summed E-state index contributed by atoms with van der Waals surface area (Å²) in [6.07, 6.45) is 7.07. The van der Waals surface area contributed by atoms with Gasteiger partial charge in [0, 0.05) is 25.2 Å². The second-order valence-corrected chi connectivity index (χ2v) is 7.76. The molecule has 3 nitrogen and oxygen atoms in total. The van der Waals surface area contributed by atoms with Gasteiger partial charge in [0.25, 0.3) is 0 Å². The van der Waals surface area contributed by atoms with E-state index in [1.165, 1.54) is 71.4 Å². The van der Waals surface area contributed by atoms with Crippen LogP contribution in [0.4, 0.5) is 0 Å². The fraction of sp³-hybridized carbons (Fsp3) is 1.00. The van der Waals surface area contributed by atoms with Crippen molar-refractivity contribution >= 4 is 0 Å². The van der Waals surface area contributed by atoms with Gasteiger partial charge in [-0.1, -0.05) is 13.8 Å². The van der Waals surface area contributed by atoms with Crippen LogP contribution in [-0.2, 0) is 0 Å². The fourth-order valence-electron chi connectivity index (χ4n) is 3.97. The maximum absolute atomic E-state index is 3.86. The normalized spacial score (nSPS) is 30.4. The Balaban J connectivity index is 1.30. The van der Waals surface area contributed by atoms with Gasteiger partial charge in [-0.2, -0.15) is 0 Å². The minimum absolute atomic E-state index is 0.786. The summed E-state index contributed by atoms with van der Waals surface area (Å²) in [6, 6.07) is 1.76. The first-order valence-electron chi connectivity index (χ1n) is 8.90. The summed E-state index contributed by atoms with van der Waals surface area (Å²) in [4.78, 5) is 5.38. The zero-order valence-corrected chi connectivity index (χ0v) is 13.5. The number of piperidine rings is 1. The molecule has 2 heterocycles. The van der Waals surface area contributed by atoms with Crippen molar-refractivity contribution in [3.8, 4) is 0 Å². The van der Waals surface area contributed by atoms with Crippen molar-refractivity contribution in [1.82, 2.24) is 15.1 Å². The second-order valence-electron chi connectivity index (χ2n) is 7.76. The molecular weight excluding hydrogens is 246 g/mol. The molecule has 1 aliphatic carbocycles. The summed E-state index contributed by atoms with van der Waals surface area (Å²) >= 11 is 0. The molecule has 2 saturated heterocycles. The van der Waals surface area contributed by atoms with Crippen LogP contribution in [0.3, 0.4) is 0 Å². The Hall–Kier alpha value is -0.120. The van der Waals surface area contributed by atoms with Gasteiger partial charge >= 0.3 is 0 Å². The van der Waals surface area contributed by atoms with Gasteiger partial charge in [-0.15, -0.1) is 0 Å². The average Bonchev–Trinajstić information content (AvgIpc) is 3.17. The number of likely N-dealkylation sites (tertiary alicyclic amines) is 2. The Labute approximate surface area is 125 Å². The van der Waals surface area contributed by atoms with Crippen LogP contribution < -0.4 is 5.32 Å². The van der Waals surface area contributed by atoms with Crippen LogP contribution in [0.25, 0.3) is 0 Å². The maximum Gasteiger partial charge on any atom is 0.00965 e. The van der Waals surface area contributed by atoms with Crippen LogP contribution >= 0.6 is 0 Å². The van der Waals surface area contributed by atoms with E-state index in [2.05, 4.69) is 29.0 Å². The molecule has 0 aromatic carbocycles. The quantitative estimate of drug-likeness (QED) is 0.804. The highest BCUT2D eigenvalue weighted by Gasteiger charge is 2.34. The van der Waals surface area contributed by atoms with Crippen LogP contribution in [0.1, 0.15) is 46.0 Å². The zero-order chi connectivity index (χ0) is 13.9. The van der Waals surface area contributed by atoms with E-state index in [4.69, 9.17) is 0 Å². The summed E-state index contributed by atoms with van der Waals surface area (Å²) in [5.74, 6) is 1.73. The highest BCUT2D eigenvalue weighted by molar-refractivity contribution is 4.90. The number of hydrogen-bond acceptors (Lipinski definition) is 3. The standard InChI is InChI=1S/C17H33N3/c1-14(2)12-19-8-6-16(7-9-19)18-11-15-5-10-20(13-15)17-3-4-17/h14-18H,3-13H2,1-2H3. The lowest BCUT2D eigenvalue weighted by molar-refractivity contribution is 0.177. The molecular formula is C17H33N3. The molecule has 116 valence electrons. The summed E-state index contributed by atoms with van der Waals surface area (Å²) in [6.45, 7) is 12.5. The first kappa shape index (κ1) is 14.8. The van der Waals surface area contributed by atoms with E-state index >= 15 is 0 Å². The largest absolute Gasteiger partial charge is 0.314 e. The third kappa shape index (κ3) is 4.19. The Morgan fingerprint density at radius 1 is 1.00 bits per heavy atom. The molecule has 3 aliphatic rings. The van der Waals surface area contributed by atoms with E-state index in [1.807, 2.05) is 0 Å². The molecule has 0 amide bonds. The van der Waals surface area contributed by atoms with E-state index in [0.717, 1.165) is 23.9 Å². The minimum atomic E-state index is 0.786. The average molecular weight is 279 g/mol. The van der Waals surface area contributed by atoms with Gasteiger partial charge in [0.15, 0.2) is 0 Å². The molecule has 0 aromatic heterocycles. The molecule has 0 spiro atoms. The molecule has 1 unspecified atom stereocenters. The Morgan fingerprint density at radius 3 is 2.40 bits per heavy atom. The van der Waals surface area contributed by atoms with Crippen molar-refractivity contribution in [1.29, 1.82) is 0 Å². The van der Waals surface area contributed by atoms with Crippen molar-refractivity contribution < 1.29 is 0 Å². The predicted molar refractivity (Wildman–Crippen MR) is 85.0 cm³/mol. The Morgan fingerprint density at radius 2 is 1.75 bits per heavy atom. The van der Waals surface area contributed by atoms with E-state index in [1.54, 1.807) is 0 Å². The maximum atomic E-state index is 3.86. The third-order valence-electron chi connectivity index (χ3n) is 5.29. The topological polar surface area (TPSA) is 18.5 Å². The molecule has 20 heavy (non-hydrogen) atoms. The summed E-state index contributed by atoms with van der Waals surface area (Å²) in [5.41, 5.74) is 0. The van der Waals surface area contributed by atoms with Gasteiger partial charge in [0.05, 0.1) is 0 Å². The summed E-state index contributed by atoms with van der Waals surface area (Å²) in [5, 5.41) is 3.86. The van der Waals surface area contributed by atoms with Gasteiger partial charge in [-0.3, -0.25) is 0 Å². The van der Waals surface area contributed by atoms with Crippen molar-refractivity contribution in [2.45, 2.75) is 58.0 Å². The molecule has 3 rings (SSSR count). The first-order chi connectivity index (χ1) is 9.70. The minimum Gasteiger partial charge on any atom is -0.314 e.